The van der Waals surface area contributed by atoms with E-state index in [-0.39, 0.29) is 17.4 Å². The number of benzene rings is 1. The highest BCUT2D eigenvalue weighted by Crippen LogP contribution is 2.13. The number of halogens is 1. The van der Waals surface area contributed by atoms with E-state index in [1.807, 2.05) is 6.07 Å². The molecule has 0 aliphatic carbocycles. The topological polar surface area (TPSA) is 81.6 Å². The molecule has 0 fully saturated rings. The maximum absolute atomic E-state index is 11.8. The number of nitriles is 1. The number of H-pyrrole nitrogens is 1. The van der Waals surface area contributed by atoms with Gasteiger partial charge in [-0.25, -0.2) is 4.98 Å². The van der Waals surface area contributed by atoms with Crippen LogP contribution in [0.3, 0.4) is 0 Å². The summed E-state index contributed by atoms with van der Waals surface area (Å²) in [5, 5.41) is 11.3. The zero-order chi connectivity index (χ0) is 12.3. The molecule has 84 valence electrons. The molecule has 0 radical (unpaired) electrons. The lowest BCUT2D eigenvalue weighted by molar-refractivity contribution is 0.102. The van der Waals surface area contributed by atoms with Gasteiger partial charge < -0.3 is 10.3 Å². The number of carbonyl (C=O) groups is 1. The third-order valence-corrected chi connectivity index (χ3v) is 2.62. The molecule has 0 aliphatic heterocycles. The van der Waals surface area contributed by atoms with Gasteiger partial charge in [-0.1, -0.05) is 15.9 Å². The average molecular weight is 291 g/mol. The maximum Gasteiger partial charge on any atom is 0.256 e. The SMILES string of the molecule is N#Cc1[nH]cnc1NC(=O)c1ccc(Br)cc1. The van der Waals surface area contributed by atoms with Crippen molar-refractivity contribution >= 4 is 27.7 Å². The van der Waals surface area contributed by atoms with Crippen LogP contribution in [0.5, 0.6) is 0 Å². The molecule has 0 saturated carbocycles. The van der Waals surface area contributed by atoms with E-state index in [1.165, 1.54) is 6.33 Å². The number of aromatic nitrogens is 2. The van der Waals surface area contributed by atoms with Crippen LogP contribution in [0.1, 0.15) is 16.1 Å². The maximum atomic E-state index is 11.8. The number of nitrogens with one attached hydrogen (secondary N) is 2. The lowest BCUT2D eigenvalue weighted by Crippen LogP contribution is -2.12. The van der Waals surface area contributed by atoms with Crippen molar-refractivity contribution in [3.63, 3.8) is 0 Å². The first-order valence-electron chi connectivity index (χ1n) is 4.71. The Morgan fingerprint density at radius 3 is 2.76 bits per heavy atom. The highest BCUT2D eigenvalue weighted by Gasteiger charge is 2.10. The van der Waals surface area contributed by atoms with Crippen molar-refractivity contribution in [2.75, 3.05) is 5.32 Å². The van der Waals surface area contributed by atoms with Gasteiger partial charge in [0.1, 0.15) is 6.07 Å². The van der Waals surface area contributed by atoms with Crippen LogP contribution in [-0.4, -0.2) is 15.9 Å². The fraction of sp³-hybridized carbons (Fsp3) is 0. The lowest BCUT2D eigenvalue weighted by Gasteiger charge is -2.02. The molecule has 2 aromatic rings. The van der Waals surface area contributed by atoms with Crippen LogP contribution >= 0.6 is 15.9 Å². The van der Waals surface area contributed by atoms with E-state index >= 15 is 0 Å². The van der Waals surface area contributed by atoms with Crippen molar-refractivity contribution in [1.82, 2.24) is 9.97 Å². The molecule has 0 bridgehead atoms. The van der Waals surface area contributed by atoms with Gasteiger partial charge in [0.15, 0.2) is 11.5 Å². The Hall–Kier alpha value is -2.13. The van der Waals surface area contributed by atoms with Gasteiger partial charge in [0, 0.05) is 10.0 Å². The number of aromatic amines is 1. The summed E-state index contributed by atoms with van der Waals surface area (Å²) >= 11 is 3.29. The number of amides is 1. The second-order valence-corrected chi connectivity index (χ2v) is 4.11. The van der Waals surface area contributed by atoms with E-state index in [0.717, 1.165) is 4.47 Å². The van der Waals surface area contributed by atoms with Crippen LogP contribution in [0.25, 0.3) is 0 Å². The number of rotatable bonds is 2. The third-order valence-electron chi connectivity index (χ3n) is 2.09. The second kappa shape index (κ2) is 4.80. The van der Waals surface area contributed by atoms with Crippen molar-refractivity contribution in [3.8, 4) is 6.07 Å². The van der Waals surface area contributed by atoms with E-state index in [4.69, 9.17) is 5.26 Å². The lowest BCUT2D eigenvalue weighted by atomic mass is 10.2. The zero-order valence-electron chi connectivity index (χ0n) is 8.57. The molecule has 0 unspecified atom stereocenters. The van der Waals surface area contributed by atoms with Crippen LogP contribution in [0, 0.1) is 11.3 Å². The first-order chi connectivity index (χ1) is 8.20. The van der Waals surface area contributed by atoms with Crippen molar-refractivity contribution in [2.45, 2.75) is 0 Å². The Bertz CT molecular complexity index is 582. The number of hydrogen-bond acceptors (Lipinski definition) is 3. The van der Waals surface area contributed by atoms with Crippen LogP contribution in [0.15, 0.2) is 35.1 Å². The van der Waals surface area contributed by atoms with E-state index in [1.54, 1.807) is 24.3 Å². The molecule has 0 atom stereocenters. The minimum Gasteiger partial charge on any atom is -0.335 e. The summed E-state index contributed by atoms with van der Waals surface area (Å²) in [6.45, 7) is 0. The highest BCUT2D eigenvalue weighted by molar-refractivity contribution is 9.10. The minimum atomic E-state index is -0.305. The number of anilines is 1. The predicted molar refractivity (Wildman–Crippen MR) is 65.4 cm³/mol. The van der Waals surface area contributed by atoms with Gasteiger partial charge in [-0.05, 0) is 24.3 Å². The monoisotopic (exact) mass is 290 g/mol. The summed E-state index contributed by atoms with van der Waals surface area (Å²) in [4.78, 5) is 18.3. The summed E-state index contributed by atoms with van der Waals surface area (Å²) in [6.07, 6.45) is 1.36. The Morgan fingerprint density at radius 1 is 1.41 bits per heavy atom. The molecule has 1 aromatic heterocycles. The van der Waals surface area contributed by atoms with E-state index in [9.17, 15) is 4.79 Å². The smallest absolute Gasteiger partial charge is 0.256 e. The summed E-state index contributed by atoms with van der Waals surface area (Å²) < 4.78 is 0.895. The Balaban J connectivity index is 2.18. The Morgan fingerprint density at radius 2 is 2.12 bits per heavy atom. The molecule has 1 aromatic carbocycles. The predicted octanol–water partition coefficient (Wildman–Crippen LogP) is 2.30. The summed E-state index contributed by atoms with van der Waals surface area (Å²) in [7, 11) is 0. The van der Waals surface area contributed by atoms with Crippen molar-refractivity contribution < 1.29 is 4.79 Å². The molecule has 1 amide bonds. The third kappa shape index (κ3) is 2.52. The number of imidazole rings is 1. The Kier molecular flexibility index (Phi) is 3.21. The molecule has 0 aliphatic rings. The van der Waals surface area contributed by atoms with Gasteiger partial charge in [0.2, 0.25) is 0 Å². The average Bonchev–Trinajstić information content (AvgIpc) is 2.77. The quantitative estimate of drug-likeness (QED) is 0.890. The van der Waals surface area contributed by atoms with Gasteiger partial charge in [-0.3, -0.25) is 4.79 Å². The van der Waals surface area contributed by atoms with Gasteiger partial charge in [0.25, 0.3) is 5.91 Å². The van der Waals surface area contributed by atoms with Crippen molar-refractivity contribution in [2.24, 2.45) is 0 Å². The molecular formula is C11H7BrN4O. The number of nitrogens with zero attached hydrogens (tertiary/aromatic N) is 2. The highest BCUT2D eigenvalue weighted by atomic mass is 79.9. The zero-order valence-corrected chi connectivity index (χ0v) is 10.2. The van der Waals surface area contributed by atoms with Crippen LogP contribution in [0.2, 0.25) is 0 Å². The summed E-state index contributed by atoms with van der Waals surface area (Å²) in [5.74, 6) is -0.0680. The standard InChI is InChI=1S/C11H7BrN4O/c12-8-3-1-7(2-4-8)11(17)16-10-9(5-13)14-6-15-10/h1-4,6H,(H,14,15)(H,16,17). The first kappa shape index (κ1) is 11.4. The molecule has 0 spiro atoms. The van der Waals surface area contributed by atoms with Crippen molar-refractivity contribution in [3.05, 3.63) is 46.3 Å². The van der Waals surface area contributed by atoms with E-state index < -0.39 is 0 Å². The molecule has 2 rings (SSSR count). The molecule has 6 heteroatoms. The Labute approximate surface area is 106 Å². The molecule has 0 saturated heterocycles. The van der Waals surface area contributed by atoms with Gasteiger partial charge >= 0.3 is 0 Å². The van der Waals surface area contributed by atoms with Crippen LogP contribution in [0.4, 0.5) is 5.82 Å². The van der Waals surface area contributed by atoms with E-state index in [0.29, 0.717) is 5.56 Å². The van der Waals surface area contributed by atoms with Gasteiger partial charge in [-0.2, -0.15) is 5.26 Å². The normalized spacial score (nSPS) is 9.65. The first-order valence-corrected chi connectivity index (χ1v) is 5.50. The summed E-state index contributed by atoms with van der Waals surface area (Å²) in [6, 6.07) is 8.80. The molecular weight excluding hydrogens is 284 g/mol. The molecule has 2 N–H and O–H groups in total. The number of hydrogen-bond donors (Lipinski definition) is 2. The van der Waals surface area contributed by atoms with Crippen LogP contribution < -0.4 is 5.32 Å². The fourth-order valence-corrected chi connectivity index (χ4v) is 1.52. The van der Waals surface area contributed by atoms with Crippen molar-refractivity contribution in [1.29, 1.82) is 5.26 Å². The molecule has 17 heavy (non-hydrogen) atoms. The van der Waals surface area contributed by atoms with Gasteiger partial charge in [-0.15, -0.1) is 0 Å². The number of carbonyl (C=O) groups excluding carboxylic acids is 1. The van der Waals surface area contributed by atoms with E-state index in [2.05, 4.69) is 31.2 Å². The second-order valence-electron chi connectivity index (χ2n) is 3.20. The molecule has 5 nitrogen and oxygen atoms in total. The largest absolute Gasteiger partial charge is 0.335 e. The fourth-order valence-electron chi connectivity index (χ4n) is 1.26. The molecule has 1 heterocycles. The van der Waals surface area contributed by atoms with Crippen LogP contribution in [-0.2, 0) is 0 Å². The van der Waals surface area contributed by atoms with Gasteiger partial charge in [0.05, 0.1) is 6.33 Å². The minimum absolute atomic E-state index is 0.232. The summed E-state index contributed by atoms with van der Waals surface area (Å²) in [5.41, 5.74) is 0.732.